The summed E-state index contributed by atoms with van der Waals surface area (Å²) in [6, 6.07) is 17.3. The van der Waals surface area contributed by atoms with Crippen LogP contribution in [0.2, 0.25) is 5.02 Å². The van der Waals surface area contributed by atoms with Gasteiger partial charge in [-0.1, -0.05) is 17.7 Å². The van der Waals surface area contributed by atoms with Gasteiger partial charge in [-0.3, -0.25) is 4.99 Å². The zero-order valence-electron chi connectivity index (χ0n) is 15.3. The Kier molecular flexibility index (Phi) is 5.03. The van der Waals surface area contributed by atoms with E-state index < -0.39 is 0 Å². The lowest BCUT2D eigenvalue weighted by Crippen LogP contribution is -1.89. The summed E-state index contributed by atoms with van der Waals surface area (Å²) in [6.07, 6.45) is 1.57. The molecule has 1 heterocycles. The number of aromatic hydroxyl groups is 1. The van der Waals surface area contributed by atoms with E-state index in [9.17, 15) is 5.11 Å². The van der Waals surface area contributed by atoms with Crippen molar-refractivity contribution in [2.75, 3.05) is 7.11 Å². The Bertz CT molecular complexity index is 1180. The number of thiazole rings is 1. The summed E-state index contributed by atoms with van der Waals surface area (Å²) >= 11 is 7.73. The molecule has 1 aromatic heterocycles. The first kappa shape index (κ1) is 18.5. The number of nitrogens with zero attached hydrogens (tertiary/aromatic N) is 2. The number of fused-ring (bicyclic) bond motifs is 1. The predicted molar refractivity (Wildman–Crippen MR) is 117 cm³/mol. The van der Waals surface area contributed by atoms with E-state index in [1.807, 2.05) is 24.3 Å². The molecule has 0 aliphatic heterocycles. The lowest BCUT2D eigenvalue weighted by atomic mass is 10.2. The average molecular weight is 409 g/mol. The van der Waals surface area contributed by atoms with Crippen molar-refractivity contribution in [3.05, 3.63) is 70.7 Å². The van der Waals surface area contributed by atoms with Crippen LogP contribution in [-0.2, 0) is 0 Å². The maximum atomic E-state index is 10.2. The minimum absolute atomic E-state index is 0.0111. The van der Waals surface area contributed by atoms with Crippen molar-refractivity contribution >= 4 is 45.1 Å². The SMILES string of the molecule is COc1cc(Cl)cc(C=Nc2ccc(-c3nc4ccc(C)cc4s3)cc2)c1O. The number of phenolic OH excluding ortho intramolecular Hbond substituents is 1. The van der Waals surface area contributed by atoms with Gasteiger partial charge in [0.15, 0.2) is 11.5 Å². The van der Waals surface area contributed by atoms with Crippen molar-refractivity contribution in [3.63, 3.8) is 0 Å². The van der Waals surface area contributed by atoms with Crippen LogP contribution in [0.1, 0.15) is 11.1 Å². The summed E-state index contributed by atoms with van der Waals surface area (Å²) < 4.78 is 6.30. The van der Waals surface area contributed by atoms with E-state index in [4.69, 9.17) is 21.3 Å². The summed E-state index contributed by atoms with van der Waals surface area (Å²) in [4.78, 5) is 9.13. The van der Waals surface area contributed by atoms with Gasteiger partial charge in [0.25, 0.3) is 0 Å². The lowest BCUT2D eigenvalue weighted by molar-refractivity contribution is 0.373. The van der Waals surface area contributed by atoms with Crippen LogP contribution in [0.15, 0.2) is 59.6 Å². The molecule has 0 fully saturated rings. The van der Waals surface area contributed by atoms with Crippen LogP contribution in [0.4, 0.5) is 5.69 Å². The van der Waals surface area contributed by atoms with Gasteiger partial charge in [-0.2, -0.15) is 0 Å². The third-order valence-corrected chi connectivity index (χ3v) is 5.59. The molecular weight excluding hydrogens is 392 g/mol. The van der Waals surface area contributed by atoms with E-state index >= 15 is 0 Å². The predicted octanol–water partition coefficient (Wildman–Crippen LogP) is 6.39. The van der Waals surface area contributed by atoms with Gasteiger partial charge in [0.1, 0.15) is 5.01 Å². The molecule has 0 amide bonds. The molecule has 140 valence electrons. The summed E-state index contributed by atoms with van der Waals surface area (Å²) in [5.41, 5.74) is 4.55. The minimum atomic E-state index is 0.0111. The van der Waals surface area contributed by atoms with Gasteiger partial charge in [-0.15, -0.1) is 11.3 Å². The maximum absolute atomic E-state index is 10.2. The molecule has 6 heteroatoms. The van der Waals surface area contributed by atoms with Gasteiger partial charge in [-0.25, -0.2) is 4.98 Å². The number of hydrogen-bond donors (Lipinski definition) is 1. The van der Waals surface area contributed by atoms with Gasteiger partial charge in [0.2, 0.25) is 0 Å². The number of aromatic nitrogens is 1. The second kappa shape index (κ2) is 7.62. The number of halogens is 1. The number of methoxy groups -OCH3 is 1. The van der Waals surface area contributed by atoms with Crippen LogP contribution >= 0.6 is 22.9 Å². The van der Waals surface area contributed by atoms with Gasteiger partial charge in [0.05, 0.1) is 23.0 Å². The molecule has 0 saturated carbocycles. The zero-order valence-corrected chi connectivity index (χ0v) is 16.9. The number of benzene rings is 3. The standard InChI is InChI=1S/C22H17ClN2O2S/c1-13-3-8-18-20(9-13)28-22(25-18)14-4-6-17(7-5-14)24-12-15-10-16(23)11-19(27-2)21(15)26/h3-12,26H,1-2H3. The Morgan fingerprint density at radius 2 is 1.89 bits per heavy atom. The molecule has 1 N–H and O–H groups in total. The smallest absolute Gasteiger partial charge is 0.166 e. The molecule has 0 radical (unpaired) electrons. The first-order chi connectivity index (χ1) is 13.5. The number of aryl methyl sites for hydroxylation is 1. The van der Waals surface area contributed by atoms with Gasteiger partial charge >= 0.3 is 0 Å². The molecule has 28 heavy (non-hydrogen) atoms. The van der Waals surface area contributed by atoms with Crippen LogP contribution < -0.4 is 4.74 Å². The van der Waals surface area contributed by atoms with E-state index in [1.54, 1.807) is 29.7 Å². The van der Waals surface area contributed by atoms with E-state index in [1.165, 1.54) is 17.4 Å². The van der Waals surface area contributed by atoms with Crippen LogP contribution in [0.3, 0.4) is 0 Å². The summed E-state index contributed by atoms with van der Waals surface area (Å²) in [6.45, 7) is 2.08. The quantitative estimate of drug-likeness (QED) is 0.398. The number of phenols is 1. The molecule has 3 aromatic carbocycles. The van der Waals surface area contributed by atoms with Crippen LogP contribution in [-0.4, -0.2) is 23.4 Å². The fourth-order valence-electron chi connectivity index (χ4n) is 2.84. The Morgan fingerprint density at radius 1 is 1.11 bits per heavy atom. The molecule has 4 rings (SSSR count). The minimum Gasteiger partial charge on any atom is -0.504 e. The maximum Gasteiger partial charge on any atom is 0.166 e. The summed E-state index contributed by atoms with van der Waals surface area (Å²) in [5, 5.41) is 11.6. The molecule has 0 bridgehead atoms. The van der Waals surface area contributed by atoms with Crippen molar-refractivity contribution in [1.82, 2.24) is 4.98 Å². The van der Waals surface area contributed by atoms with Crippen molar-refractivity contribution < 1.29 is 9.84 Å². The molecular formula is C22H17ClN2O2S. The van der Waals surface area contributed by atoms with E-state index in [-0.39, 0.29) is 5.75 Å². The Labute approximate surface area is 171 Å². The summed E-state index contributed by atoms with van der Waals surface area (Å²) in [7, 11) is 1.48. The first-order valence-electron chi connectivity index (χ1n) is 8.62. The molecule has 0 aliphatic rings. The van der Waals surface area contributed by atoms with Gasteiger partial charge in [-0.05, 0) is 55.0 Å². The summed E-state index contributed by atoms with van der Waals surface area (Å²) in [5.74, 6) is 0.326. The second-order valence-corrected chi connectivity index (χ2v) is 7.81. The Morgan fingerprint density at radius 3 is 2.64 bits per heavy atom. The number of aliphatic imine (C=N–C) groups is 1. The van der Waals surface area contributed by atoms with Gasteiger partial charge in [0, 0.05) is 28.4 Å². The highest BCUT2D eigenvalue weighted by Gasteiger charge is 2.09. The molecule has 0 unspecified atom stereocenters. The van der Waals surface area contributed by atoms with E-state index in [2.05, 4.69) is 30.1 Å². The highest BCUT2D eigenvalue weighted by Crippen LogP contribution is 2.34. The number of ether oxygens (including phenoxy) is 1. The van der Waals surface area contributed by atoms with Crippen LogP contribution in [0, 0.1) is 6.92 Å². The van der Waals surface area contributed by atoms with Gasteiger partial charge < -0.3 is 9.84 Å². The molecule has 0 aliphatic carbocycles. The van der Waals surface area contributed by atoms with Crippen molar-refractivity contribution in [2.24, 2.45) is 4.99 Å². The third kappa shape index (κ3) is 3.72. The van der Waals surface area contributed by atoms with E-state index in [0.29, 0.717) is 16.3 Å². The van der Waals surface area contributed by atoms with Crippen molar-refractivity contribution in [1.29, 1.82) is 0 Å². The topological polar surface area (TPSA) is 54.7 Å². The number of hydrogen-bond acceptors (Lipinski definition) is 5. The highest BCUT2D eigenvalue weighted by molar-refractivity contribution is 7.21. The normalized spacial score (nSPS) is 11.4. The zero-order chi connectivity index (χ0) is 19.7. The van der Waals surface area contributed by atoms with Crippen molar-refractivity contribution in [3.8, 4) is 22.1 Å². The average Bonchev–Trinajstić information content (AvgIpc) is 3.11. The lowest BCUT2D eigenvalue weighted by Gasteiger charge is -2.06. The molecule has 0 spiro atoms. The fourth-order valence-corrected chi connectivity index (χ4v) is 4.12. The monoisotopic (exact) mass is 408 g/mol. The fraction of sp³-hybridized carbons (Fsp3) is 0.0909. The van der Waals surface area contributed by atoms with E-state index in [0.717, 1.165) is 21.8 Å². The molecule has 0 atom stereocenters. The highest BCUT2D eigenvalue weighted by atomic mass is 35.5. The number of rotatable bonds is 4. The third-order valence-electron chi connectivity index (χ3n) is 4.30. The Hall–Kier alpha value is -2.89. The Balaban J connectivity index is 1.59. The molecule has 4 nitrogen and oxygen atoms in total. The first-order valence-corrected chi connectivity index (χ1v) is 9.81. The largest absolute Gasteiger partial charge is 0.504 e. The molecule has 0 saturated heterocycles. The van der Waals surface area contributed by atoms with Crippen LogP contribution in [0.25, 0.3) is 20.8 Å². The molecule has 4 aromatic rings. The second-order valence-electron chi connectivity index (χ2n) is 6.34. The van der Waals surface area contributed by atoms with Crippen LogP contribution in [0.5, 0.6) is 11.5 Å². The van der Waals surface area contributed by atoms with Crippen molar-refractivity contribution in [2.45, 2.75) is 6.92 Å².